The van der Waals surface area contributed by atoms with Crippen LogP contribution in [0.3, 0.4) is 0 Å². The minimum atomic E-state index is -0.250. The molecule has 1 aromatic carbocycles. The molecule has 0 spiro atoms. The Labute approximate surface area is 154 Å². The van der Waals surface area contributed by atoms with Gasteiger partial charge in [-0.2, -0.15) is 5.10 Å². The number of fused-ring (bicyclic) bond motifs is 1. The number of aromatic nitrogens is 3. The highest BCUT2D eigenvalue weighted by atomic mass is 79.9. The molecular weight excluding hydrogens is 382 g/mol. The minimum absolute atomic E-state index is 0.0722. The Morgan fingerprint density at radius 2 is 2.16 bits per heavy atom. The molecule has 1 saturated heterocycles. The third-order valence-electron chi connectivity index (χ3n) is 4.51. The molecule has 3 aromatic rings. The van der Waals surface area contributed by atoms with Crippen LogP contribution in [0.4, 0.5) is 11.5 Å². The second-order valence-electron chi connectivity index (χ2n) is 6.24. The lowest BCUT2D eigenvalue weighted by atomic mass is 10.1. The number of rotatable bonds is 3. The summed E-state index contributed by atoms with van der Waals surface area (Å²) in [6, 6.07) is 9.56. The van der Waals surface area contributed by atoms with E-state index in [2.05, 4.69) is 31.3 Å². The van der Waals surface area contributed by atoms with Crippen LogP contribution in [0.2, 0.25) is 0 Å². The SMILES string of the molecule is Cc1cc(N2CCC(Nc3ccnc4c(Br)cccc34)C2=O)n(C)n1. The van der Waals surface area contributed by atoms with Gasteiger partial charge < -0.3 is 5.32 Å². The molecule has 2 aromatic heterocycles. The first-order chi connectivity index (χ1) is 12.0. The molecule has 0 radical (unpaired) electrons. The minimum Gasteiger partial charge on any atom is -0.373 e. The summed E-state index contributed by atoms with van der Waals surface area (Å²) >= 11 is 3.53. The Kier molecular flexibility index (Phi) is 3.95. The summed E-state index contributed by atoms with van der Waals surface area (Å²) < 4.78 is 2.70. The van der Waals surface area contributed by atoms with Crippen molar-refractivity contribution in [3.8, 4) is 0 Å². The standard InChI is InChI=1S/C18H18BrN5O/c1-11-10-16(23(2)22-11)24-9-7-15(18(24)25)21-14-6-8-20-17-12(14)4-3-5-13(17)19/h3-6,8,10,15H,7,9H2,1-2H3,(H,20,21). The molecule has 1 fully saturated rings. The average molecular weight is 400 g/mol. The number of carbonyl (C=O) groups is 1. The molecule has 1 N–H and O–H groups in total. The van der Waals surface area contributed by atoms with E-state index in [0.717, 1.165) is 39.0 Å². The number of amides is 1. The van der Waals surface area contributed by atoms with Crippen LogP contribution in [0.15, 0.2) is 41.0 Å². The van der Waals surface area contributed by atoms with E-state index >= 15 is 0 Å². The van der Waals surface area contributed by atoms with Gasteiger partial charge in [0.2, 0.25) is 0 Å². The fourth-order valence-corrected chi connectivity index (χ4v) is 3.81. The van der Waals surface area contributed by atoms with Crippen molar-refractivity contribution in [1.29, 1.82) is 0 Å². The van der Waals surface area contributed by atoms with Gasteiger partial charge in [0.1, 0.15) is 11.9 Å². The predicted octanol–water partition coefficient (Wildman–Crippen LogP) is 3.26. The highest BCUT2D eigenvalue weighted by Crippen LogP contribution is 2.30. The highest BCUT2D eigenvalue weighted by Gasteiger charge is 2.34. The fourth-order valence-electron chi connectivity index (χ4n) is 3.34. The summed E-state index contributed by atoms with van der Waals surface area (Å²) in [6.45, 7) is 2.61. The van der Waals surface area contributed by atoms with Crippen molar-refractivity contribution < 1.29 is 4.79 Å². The summed E-state index contributed by atoms with van der Waals surface area (Å²) in [6.07, 6.45) is 2.51. The van der Waals surface area contributed by atoms with E-state index in [9.17, 15) is 4.79 Å². The van der Waals surface area contributed by atoms with Gasteiger partial charge in [-0.15, -0.1) is 0 Å². The maximum atomic E-state index is 12.9. The smallest absolute Gasteiger partial charge is 0.250 e. The number of pyridine rings is 1. The summed E-state index contributed by atoms with van der Waals surface area (Å²) in [4.78, 5) is 19.1. The molecule has 1 amide bonds. The Morgan fingerprint density at radius 3 is 2.92 bits per heavy atom. The summed E-state index contributed by atoms with van der Waals surface area (Å²) in [5, 5.41) is 8.74. The maximum Gasteiger partial charge on any atom is 0.250 e. The van der Waals surface area contributed by atoms with E-state index in [4.69, 9.17) is 0 Å². The van der Waals surface area contributed by atoms with Gasteiger partial charge in [0.25, 0.3) is 5.91 Å². The molecule has 1 atom stereocenters. The van der Waals surface area contributed by atoms with E-state index in [1.807, 2.05) is 44.3 Å². The Bertz CT molecular complexity index is 967. The average Bonchev–Trinajstić information content (AvgIpc) is 3.10. The van der Waals surface area contributed by atoms with Crippen LogP contribution >= 0.6 is 15.9 Å². The molecule has 1 aliphatic heterocycles. The number of para-hydroxylation sites is 1. The van der Waals surface area contributed by atoms with Crippen LogP contribution in [-0.4, -0.2) is 33.3 Å². The van der Waals surface area contributed by atoms with Crippen LogP contribution in [-0.2, 0) is 11.8 Å². The van der Waals surface area contributed by atoms with Crippen molar-refractivity contribution in [3.63, 3.8) is 0 Å². The first-order valence-electron chi connectivity index (χ1n) is 8.16. The van der Waals surface area contributed by atoms with E-state index in [1.165, 1.54) is 0 Å². The topological polar surface area (TPSA) is 63.1 Å². The van der Waals surface area contributed by atoms with Gasteiger partial charge in [-0.25, -0.2) is 0 Å². The number of nitrogens with one attached hydrogen (secondary N) is 1. The predicted molar refractivity (Wildman–Crippen MR) is 102 cm³/mol. The Balaban J connectivity index is 1.62. The molecule has 4 rings (SSSR count). The first-order valence-corrected chi connectivity index (χ1v) is 8.95. The fraction of sp³-hybridized carbons (Fsp3) is 0.278. The van der Waals surface area contributed by atoms with Gasteiger partial charge in [-0.1, -0.05) is 12.1 Å². The molecule has 25 heavy (non-hydrogen) atoms. The normalized spacial score (nSPS) is 17.5. The van der Waals surface area contributed by atoms with Crippen LogP contribution in [0, 0.1) is 6.92 Å². The number of hydrogen-bond donors (Lipinski definition) is 1. The first kappa shape index (κ1) is 16.1. The molecule has 1 aliphatic rings. The van der Waals surface area contributed by atoms with Crippen LogP contribution in [0.5, 0.6) is 0 Å². The monoisotopic (exact) mass is 399 g/mol. The molecule has 0 aliphatic carbocycles. The van der Waals surface area contributed by atoms with Crippen molar-refractivity contribution in [2.75, 3.05) is 16.8 Å². The lowest BCUT2D eigenvalue weighted by Crippen LogP contribution is -2.34. The van der Waals surface area contributed by atoms with Crippen molar-refractivity contribution >= 4 is 44.2 Å². The zero-order chi connectivity index (χ0) is 17.6. The van der Waals surface area contributed by atoms with E-state index in [-0.39, 0.29) is 11.9 Å². The summed E-state index contributed by atoms with van der Waals surface area (Å²) in [7, 11) is 1.87. The number of nitrogens with zero attached hydrogens (tertiary/aromatic N) is 4. The van der Waals surface area contributed by atoms with E-state index < -0.39 is 0 Å². The molecule has 7 heteroatoms. The lowest BCUT2D eigenvalue weighted by molar-refractivity contribution is -0.117. The number of aryl methyl sites for hydroxylation is 2. The van der Waals surface area contributed by atoms with Crippen molar-refractivity contribution in [1.82, 2.24) is 14.8 Å². The third kappa shape index (κ3) is 2.78. The highest BCUT2D eigenvalue weighted by molar-refractivity contribution is 9.10. The number of hydrogen-bond acceptors (Lipinski definition) is 4. The van der Waals surface area contributed by atoms with Gasteiger partial charge in [0, 0.05) is 41.4 Å². The molecular formula is C18H18BrN5O. The molecule has 0 bridgehead atoms. The van der Waals surface area contributed by atoms with Crippen LogP contribution in [0.1, 0.15) is 12.1 Å². The van der Waals surface area contributed by atoms with E-state index in [1.54, 1.807) is 15.8 Å². The molecule has 0 saturated carbocycles. The Hall–Kier alpha value is -2.41. The number of benzene rings is 1. The van der Waals surface area contributed by atoms with Gasteiger partial charge in [-0.05, 0) is 41.4 Å². The molecule has 6 nitrogen and oxygen atoms in total. The lowest BCUT2D eigenvalue weighted by Gasteiger charge is -2.18. The second-order valence-corrected chi connectivity index (χ2v) is 7.09. The zero-order valence-electron chi connectivity index (χ0n) is 14.0. The third-order valence-corrected chi connectivity index (χ3v) is 5.15. The van der Waals surface area contributed by atoms with Crippen LogP contribution in [0.25, 0.3) is 10.9 Å². The van der Waals surface area contributed by atoms with Crippen LogP contribution < -0.4 is 10.2 Å². The largest absolute Gasteiger partial charge is 0.373 e. The zero-order valence-corrected chi connectivity index (χ0v) is 15.6. The Morgan fingerprint density at radius 1 is 1.32 bits per heavy atom. The number of halogens is 1. The quantitative estimate of drug-likeness (QED) is 0.733. The number of anilines is 2. The van der Waals surface area contributed by atoms with Gasteiger partial charge in [0.05, 0.1) is 11.2 Å². The summed E-state index contributed by atoms with van der Waals surface area (Å²) in [5.41, 5.74) is 2.72. The van der Waals surface area contributed by atoms with Gasteiger partial charge >= 0.3 is 0 Å². The molecule has 128 valence electrons. The van der Waals surface area contributed by atoms with Crippen molar-refractivity contribution in [2.45, 2.75) is 19.4 Å². The molecule has 3 heterocycles. The van der Waals surface area contributed by atoms with E-state index in [0.29, 0.717) is 6.54 Å². The second kappa shape index (κ2) is 6.15. The maximum absolute atomic E-state index is 12.9. The molecule has 1 unspecified atom stereocenters. The van der Waals surface area contributed by atoms with Crippen molar-refractivity contribution in [3.05, 3.63) is 46.7 Å². The summed E-state index contributed by atoms with van der Waals surface area (Å²) in [5.74, 6) is 0.914. The van der Waals surface area contributed by atoms with Gasteiger partial charge in [-0.3, -0.25) is 19.4 Å². The number of carbonyl (C=O) groups excluding carboxylic acids is 1. The van der Waals surface area contributed by atoms with Crippen molar-refractivity contribution in [2.24, 2.45) is 7.05 Å². The van der Waals surface area contributed by atoms with Gasteiger partial charge in [0.15, 0.2) is 0 Å².